The van der Waals surface area contributed by atoms with Gasteiger partial charge in [0, 0.05) is 0 Å². The van der Waals surface area contributed by atoms with E-state index in [2.05, 4.69) is 15.9 Å². The van der Waals surface area contributed by atoms with Crippen LogP contribution in [0.15, 0.2) is 52.9 Å². The molecule has 0 bridgehead atoms. The Hall–Kier alpha value is -2.63. The number of anilines is 1. The maximum atomic E-state index is 13.4. The van der Waals surface area contributed by atoms with Crippen LogP contribution in [-0.2, 0) is 0 Å². The van der Waals surface area contributed by atoms with Gasteiger partial charge in [-0.05, 0) is 42.8 Å². The predicted molar refractivity (Wildman–Crippen MR) is 70.3 cm³/mol. The molecule has 2 rings (SSSR count). The van der Waals surface area contributed by atoms with E-state index in [-0.39, 0.29) is 5.75 Å². The van der Waals surface area contributed by atoms with Crippen molar-refractivity contribution in [2.45, 2.75) is 6.92 Å². The molecule has 0 saturated heterocycles. The fourth-order valence-electron chi connectivity index (χ4n) is 1.56. The van der Waals surface area contributed by atoms with Crippen LogP contribution < -0.4 is 16.0 Å². The van der Waals surface area contributed by atoms with E-state index in [0.717, 1.165) is 11.3 Å². The Morgan fingerprint density at radius 2 is 2.00 bits per heavy atom. The van der Waals surface area contributed by atoms with Crippen LogP contribution in [0, 0.1) is 12.7 Å². The largest absolute Gasteiger partial charge is 0.454 e. The highest BCUT2D eigenvalue weighted by Gasteiger charge is 2.05. The molecule has 0 fully saturated rings. The number of nitrogens with two attached hydrogens (primary N) is 1. The van der Waals surface area contributed by atoms with Crippen molar-refractivity contribution in [3.05, 3.63) is 53.8 Å². The minimum atomic E-state index is -0.403. The molecule has 98 valence electrons. The highest BCUT2D eigenvalue weighted by atomic mass is 19.1. The molecular formula is C13H13FN4O. The van der Waals surface area contributed by atoms with Crippen LogP contribution in [0.4, 0.5) is 10.1 Å². The maximum Gasteiger partial charge on any atom is 0.165 e. The van der Waals surface area contributed by atoms with Crippen LogP contribution in [0.1, 0.15) is 5.56 Å². The Balaban J connectivity index is 2.18. The predicted octanol–water partition coefficient (Wildman–Crippen LogP) is 3.58. The molecule has 3 N–H and O–H groups in total. The lowest BCUT2D eigenvalue weighted by Gasteiger charge is -2.09. The van der Waals surface area contributed by atoms with E-state index in [1.165, 1.54) is 6.07 Å². The zero-order valence-electron chi connectivity index (χ0n) is 10.3. The lowest BCUT2D eigenvalue weighted by Crippen LogP contribution is -1.94. The highest BCUT2D eigenvalue weighted by Crippen LogP contribution is 2.27. The van der Waals surface area contributed by atoms with Crippen molar-refractivity contribution in [1.29, 1.82) is 0 Å². The molecule has 0 amide bonds. The number of halogens is 1. The van der Waals surface area contributed by atoms with E-state index in [9.17, 15) is 4.39 Å². The van der Waals surface area contributed by atoms with E-state index in [0.29, 0.717) is 5.75 Å². The smallest absolute Gasteiger partial charge is 0.165 e. The van der Waals surface area contributed by atoms with Gasteiger partial charge in [0.2, 0.25) is 0 Å². The minimum Gasteiger partial charge on any atom is -0.454 e. The van der Waals surface area contributed by atoms with Crippen LogP contribution in [0.3, 0.4) is 0 Å². The highest BCUT2D eigenvalue weighted by molar-refractivity contribution is 5.53. The standard InChI is InChI=1S/C13H13FN4O/c1-9-8-10(6-7-12(9)16-18-17-15)19-13-5-3-2-4-11(13)14/h2-8H,1H3,(H2,15,18)(H,16,17). The Labute approximate surface area is 109 Å². The first kappa shape index (κ1) is 12.8. The van der Waals surface area contributed by atoms with E-state index >= 15 is 0 Å². The maximum absolute atomic E-state index is 13.4. The SMILES string of the molecule is Cc1cc(Oc2ccccc2F)ccc1NN=NN. The Morgan fingerprint density at radius 1 is 1.21 bits per heavy atom. The van der Waals surface area contributed by atoms with Crippen molar-refractivity contribution in [2.24, 2.45) is 16.3 Å². The van der Waals surface area contributed by atoms with Crippen molar-refractivity contribution in [3.63, 3.8) is 0 Å². The van der Waals surface area contributed by atoms with Gasteiger partial charge in [-0.1, -0.05) is 22.6 Å². The molecule has 0 aliphatic carbocycles. The van der Waals surface area contributed by atoms with Crippen LogP contribution >= 0.6 is 0 Å². The first-order valence-electron chi connectivity index (χ1n) is 5.59. The van der Waals surface area contributed by atoms with Crippen molar-refractivity contribution >= 4 is 5.69 Å². The van der Waals surface area contributed by atoms with Gasteiger partial charge >= 0.3 is 0 Å². The van der Waals surface area contributed by atoms with Crippen molar-refractivity contribution in [3.8, 4) is 11.5 Å². The Bertz CT molecular complexity index is 601. The molecule has 0 aliphatic rings. The van der Waals surface area contributed by atoms with Gasteiger partial charge in [-0.15, -0.1) is 0 Å². The fourth-order valence-corrected chi connectivity index (χ4v) is 1.56. The molecule has 2 aromatic carbocycles. The van der Waals surface area contributed by atoms with Crippen molar-refractivity contribution in [2.75, 3.05) is 5.43 Å². The van der Waals surface area contributed by atoms with Crippen LogP contribution in [-0.4, -0.2) is 0 Å². The second-order valence-corrected chi connectivity index (χ2v) is 3.84. The Kier molecular flexibility index (Phi) is 3.92. The van der Waals surface area contributed by atoms with Gasteiger partial charge in [-0.25, -0.2) is 4.39 Å². The number of nitrogens with zero attached hydrogens (tertiary/aromatic N) is 2. The number of ether oxygens (including phenoxy) is 1. The number of rotatable bonds is 4. The summed E-state index contributed by atoms with van der Waals surface area (Å²) in [5, 5.41) is 6.59. The molecule has 6 heteroatoms. The number of hydrogen-bond acceptors (Lipinski definition) is 3. The van der Waals surface area contributed by atoms with E-state index < -0.39 is 5.82 Å². The summed E-state index contributed by atoms with van der Waals surface area (Å²) in [6, 6.07) is 11.5. The second-order valence-electron chi connectivity index (χ2n) is 3.84. The molecule has 0 aromatic heterocycles. The van der Waals surface area contributed by atoms with Crippen LogP contribution in [0.25, 0.3) is 0 Å². The van der Waals surface area contributed by atoms with Crippen molar-refractivity contribution in [1.82, 2.24) is 0 Å². The lowest BCUT2D eigenvalue weighted by molar-refractivity contribution is 0.442. The first-order chi connectivity index (χ1) is 9.20. The summed E-state index contributed by atoms with van der Waals surface area (Å²) >= 11 is 0. The molecule has 0 atom stereocenters. The van der Waals surface area contributed by atoms with Crippen molar-refractivity contribution < 1.29 is 9.13 Å². The molecule has 0 saturated carbocycles. The summed E-state index contributed by atoms with van der Waals surface area (Å²) < 4.78 is 18.9. The first-order valence-corrected chi connectivity index (χ1v) is 5.59. The zero-order chi connectivity index (χ0) is 13.7. The van der Waals surface area contributed by atoms with Gasteiger partial charge in [-0.2, -0.15) is 0 Å². The van der Waals surface area contributed by atoms with Gasteiger partial charge in [0.05, 0.1) is 5.69 Å². The van der Waals surface area contributed by atoms with Gasteiger partial charge in [0.15, 0.2) is 11.6 Å². The number of hydrogen-bond donors (Lipinski definition) is 2. The summed E-state index contributed by atoms with van der Waals surface area (Å²) in [7, 11) is 0. The third-order valence-electron chi connectivity index (χ3n) is 2.49. The summed E-state index contributed by atoms with van der Waals surface area (Å²) in [6.07, 6.45) is 0. The molecular weight excluding hydrogens is 247 g/mol. The molecule has 0 heterocycles. The number of nitrogens with one attached hydrogen (secondary N) is 1. The summed E-state index contributed by atoms with van der Waals surface area (Å²) in [5.74, 6) is 5.23. The minimum absolute atomic E-state index is 0.184. The molecule has 0 aliphatic heterocycles. The average Bonchev–Trinajstić information content (AvgIpc) is 2.40. The molecule has 19 heavy (non-hydrogen) atoms. The zero-order valence-corrected chi connectivity index (χ0v) is 10.3. The molecule has 5 nitrogen and oxygen atoms in total. The normalized spacial score (nSPS) is 10.6. The van der Waals surface area contributed by atoms with Gasteiger partial charge in [-0.3, -0.25) is 5.43 Å². The summed E-state index contributed by atoms with van der Waals surface area (Å²) in [5.41, 5.74) is 4.29. The summed E-state index contributed by atoms with van der Waals surface area (Å²) in [6.45, 7) is 1.86. The van der Waals surface area contributed by atoms with Crippen LogP contribution in [0.5, 0.6) is 11.5 Å². The quantitative estimate of drug-likeness (QED) is 0.501. The number of para-hydroxylation sites is 1. The van der Waals surface area contributed by atoms with E-state index in [1.54, 1.807) is 36.4 Å². The van der Waals surface area contributed by atoms with Gasteiger partial charge < -0.3 is 10.6 Å². The fraction of sp³-hybridized carbons (Fsp3) is 0.0769. The number of benzene rings is 2. The molecule has 0 unspecified atom stereocenters. The lowest BCUT2D eigenvalue weighted by atomic mass is 10.2. The van der Waals surface area contributed by atoms with E-state index in [1.807, 2.05) is 6.92 Å². The van der Waals surface area contributed by atoms with Crippen LogP contribution in [0.2, 0.25) is 0 Å². The molecule has 0 radical (unpaired) electrons. The topological polar surface area (TPSA) is 72.0 Å². The Morgan fingerprint density at radius 3 is 2.68 bits per heavy atom. The summed E-state index contributed by atoms with van der Waals surface area (Å²) in [4.78, 5) is 0. The van der Waals surface area contributed by atoms with Gasteiger partial charge in [0.1, 0.15) is 5.75 Å². The average molecular weight is 260 g/mol. The second kappa shape index (κ2) is 5.81. The molecule has 2 aromatic rings. The third-order valence-corrected chi connectivity index (χ3v) is 2.49. The monoisotopic (exact) mass is 260 g/mol. The molecule has 0 spiro atoms. The third kappa shape index (κ3) is 3.19. The number of aryl methyl sites for hydroxylation is 1. The van der Waals surface area contributed by atoms with E-state index in [4.69, 9.17) is 10.6 Å². The van der Waals surface area contributed by atoms with Gasteiger partial charge in [0.25, 0.3) is 0 Å².